The zero-order valence-corrected chi connectivity index (χ0v) is 15.6. The average Bonchev–Trinajstić information content (AvgIpc) is 3.07. The molecule has 0 saturated heterocycles. The fourth-order valence-electron chi connectivity index (χ4n) is 3.00. The van der Waals surface area contributed by atoms with Crippen LogP contribution in [0.1, 0.15) is 16.7 Å². The van der Waals surface area contributed by atoms with Crippen molar-refractivity contribution in [2.75, 3.05) is 4.72 Å². The minimum absolute atomic E-state index is 0.253. The van der Waals surface area contributed by atoms with Crippen LogP contribution >= 0.6 is 0 Å². The number of hydrogen-bond donors (Lipinski definition) is 2. The Kier molecular flexibility index (Phi) is 4.41. The maximum absolute atomic E-state index is 12.5. The van der Waals surface area contributed by atoms with E-state index in [9.17, 15) is 8.42 Å². The van der Waals surface area contributed by atoms with Gasteiger partial charge in [0, 0.05) is 23.5 Å². The topological polar surface area (TPSA) is 74.8 Å². The predicted molar refractivity (Wildman–Crippen MR) is 107 cm³/mol. The van der Waals surface area contributed by atoms with Crippen molar-refractivity contribution in [1.82, 2.24) is 9.97 Å². The van der Waals surface area contributed by atoms with E-state index in [0.717, 1.165) is 34.1 Å². The highest BCUT2D eigenvalue weighted by Crippen LogP contribution is 2.21. The Morgan fingerprint density at radius 3 is 2.48 bits per heavy atom. The van der Waals surface area contributed by atoms with Gasteiger partial charge < -0.3 is 4.98 Å². The number of sulfonamides is 1. The molecule has 0 aliphatic rings. The third kappa shape index (κ3) is 3.71. The van der Waals surface area contributed by atoms with Gasteiger partial charge in [0.15, 0.2) is 0 Å². The van der Waals surface area contributed by atoms with E-state index >= 15 is 0 Å². The predicted octanol–water partition coefficient (Wildman–Crippen LogP) is 4.26. The molecule has 2 aromatic heterocycles. The number of H-pyrrole nitrogens is 1. The molecular formula is C21H19N3O2S. The molecule has 2 heterocycles. The zero-order valence-electron chi connectivity index (χ0n) is 14.8. The van der Waals surface area contributed by atoms with Crippen LogP contribution in [0.25, 0.3) is 11.0 Å². The molecule has 0 fully saturated rings. The second kappa shape index (κ2) is 6.89. The minimum Gasteiger partial charge on any atom is -0.346 e. The summed E-state index contributed by atoms with van der Waals surface area (Å²) in [6, 6.07) is 18.2. The number of rotatable bonds is 5. The Balaban J connectivity index is 1.51. The number of nitrogens with zero attached hydrogens (tertiary/aromatic N) is 1. The summed E-state index contributed by atoms with van der Waals surface area (Å²) in [4.78, 5) is 7.72. The molecule has 4 aromatic rings. The van der Waals surface area contributed by atoms with Crippen LogP contribution in [0.4, 0.5) is 5.69 Å². The molecule has 0 atom stereocenters. The first-order chi connectivity index (χ1) is 13.0. The average molecular weight is 377 g/mol. The molecule has 136 valence electrons. The fraction of sp³-hybridized carbons (Fsp3) is 0.0952. The first kappa shape index (κ1) is 17.3. The normalized spacial score (nSPS) is 11.6. The third-order valence-electron chi connectivity index (χ3n) is 4.47. The van der Waals surface area contributed by atoms with Gasteiger partial charge in [-0.1, -0.05) is 29.8 Å². The molecular weight excluding hydrogens is 358 g/mol. The summed E-state index contributed by atoms with van der Waals surface area (Å²) in [5.74, 6) is 0. The largest absolute Gasteiger partial charge is 0.346 e. The highest BCUT2D eigenvalue weighted by molar-refractivity contribution is 7.92. The zero-order chi connectivity index (χ0) is 18.9. The Morgan fingerprint density at radius 1 is 1.00 bits per heavy atom. The molecule has 0 aliphatic heterocycles. The van der Waals surface area contributed by atoms with Gasteiger partial charge in [-0.25, -0.2) is 13.4 Å². The van der Waals surface area contributed by atoms with E-state index in [1.807, 2.05) is 37.4 Å². The maximum Gasteiger partial charge on any atom is 0.261 e. The standard InChI is InChI=1S/C21H19N3O2S/c1-15-4-10-19(11-5-15)27(25,26)24-18-8-6-16(7-9-18)13-17-14-23-21-20(17)3-2-12-22-21/h2-12,14,24H,13H2,1H3,(H,22,23). The SMILES string of the molecule is Cc1ccc(S(=O)(=O)Nc2ccc(Cc3c[nH]c4ncccc34)cc2)cc1. The number of nitrogens with one attached hydrogen (secondary N) is 2. The van der Waals surface area contributed by atoms with Gasteiger partial charge in [0.1, 0.15) is 5.65 Å². The van der Waals surface area contributed by atoms with Crippen LogP contribution in [0, 0.1) is 6.92 Å². The van der Waals surface area contributed by atoms with Crippen molar-refractivity contribution >= 4 is 26.7 Å². The molecule has 0 spiro atoms. The van der Waals surface area contributed by atoms with Gasteiger partial charge >= 0.3 is 0 Å². The number of aryl methyl sites for hydroxylation is 1. The second-order valence-corrected chi connectivity index (χ2v) is 8.19. The van der Waals surface area contributed by atoms with Crippen LogP contribution in [0.2, 0.25) is 0 Å². The van der Waals surface area contributed by atoms with E-state index < -0.39 is 10.0 Å². The molecule has 4 rings (SSSR count). The van der Waals surface area contributed by atoms with Crippen molar-refractivity contribution in [2.24, 2.45) is 0 Å². The summed E-state index contributed by atoms with van der Waals surface area (Å²) in [5.41, 5.74) is 4.69. The third-order valence-corrected chi connectivity index (χ3v) is 5.87. The van der Waals surface area contributed by atoms with Crippen molar-refractivity contribution in [3.63, 3.8) is 0 Å². The lowest BCUT2D eigenvalue weighted by atomic mass is 10.1. The van der Waals surface area contributed by atoms with Gasteiger partial charge in [-0.3, -0.25) is 4.72 Å². The number of pyridine rings is 1. The molecule has 0 radical (unpaired) electrons. The highest BCUT2D eigenvalue weighted by Gasteiger charge is 2.13. The Morgan fingerprint density at radius 2 is 1.74 bits per heavy atom. The lowest BCUT2D eigenvalue weighted by Crippen LogP contribution is -2.12. The van der Waals surface area contributed by atoms with Gasteiger partial charge in [0.05, 0.1) is 4.90 Å². The van der Waals surface area contributed by atoms with Crippen molar-refractivity contribution in [3.8, 4) is 0 Å². The van der Waals surface area contributed by atoms with Gasteiger partial charge in [0.2, 0.25) is 0 Å². The summed E-state index contributed by atoms with van der Waals surface area (Å²) in [6.07, 6.45) is 4.47. The molecule has 2 N–H and O–H groups in total. The number of benzene rings is 2. The monoisotopic (exact) mass is 377 g/mol. The van der Waals surface area contributed by atoms with Crippen molar-refractivity contribution in [1.29, 1.82) is 0 Å². The highest BCUT2D eigenvalue weighted by atomic mass is 32.2. The molecule has 6 heteroatoms. The molecule has 0 unspecified atom stereocenters. The second-order valence-electron chi connectivity index (χ2n) is 6.51. The van der Waals surface area contributed by atoms with Gasteiger partial charge in [0.25, 0.3) is 10.0 Å². The summed E-state index contributed by atoms with van der Waals surface area (Å²) in [5, 5.41) is 1.10. The smallest absolute Gasteiger partial charge is 0.261 e. The maximum atomic E-state index is 12.5. The fourth-order valence-corrected chi connectivity index (χ4v) is 4.06. The summed E-state index contributed by atoms with van der Waals surface area (Å²) < 4.78 is 27.6. The molecule has 0 bridgehead atoms. The van der Waals surface area contributed by atoms with Gasteiger partial charge in [-0.15, -0.1) is 0 Å². The van der Waals surface area contributed by atoms with E-state index in [4.69, 9.17) is 0 Å². The molecule has 27 heavy (non-hydrogen) atoms. The van der Waals surface area contributed by atoms with Gasteiger partial charge in [-0.2, -0.15) is 0 Å². The minimum atomic E-state index is -3.58. The first-order valence-electron chi connectivity index (χ1n) is 8.61. The molecule has 0 amide bonds. The van der Waals surface area contributed by atoms with Crippen LogP contribution in [0.5, 0.6) is 0 Å². The summed E-state index contributed by atoms with van der Waals surface area (Å²) in [7, 11) is -3.58. The Bertz CT molecular complexity index is 1180. The Hall–Kier alpha value is -3.12. The van der Waals surface area contributed by atoms with Crippen molar-refractivity contribution < 1.29 is 8.42 Å². The molecule has 2 aromatic carbocycles. The van der Waals surface area contributed by atoms with Crippen LogP contribution in [-0.2, 0) is 16.4 Å². The first-order valence-corrected chi connectivity index (χ1v) is 10.1. The number of hydrogen-bond acceptors (Lipinski definition) is 3. The number of fused-ring (bicyclic) bond motifs is 1. The van der Waals surface area contributed by atoms with Crippen LogP contribution < -0.4 is 4.72 Å². The van der Waals surface area contributed by atoms with Gasteiger partial charge in [-0.05, 0) is 60.9 Å². The molecule has 0 aliphatic carbocycles. The van der Waals surface area contributed by atoms with Crippen LogP contribution in [0.3, 0.4) is 0 Å². The van der Waals surface area contributed by atoms with Crippen molar-refractivity contribution in [3.05, 3.63) is 89.7 Å². The number of aromatic nitrogens is 2. The van der Waals surface area contributed by atoms with Crippen molar-refractivity contribution in [2.45, 2.75) is 18.2 Å². The van der Waals surface area contributed by atoms with E-state index in [1.165, 1.54) is 0 Å². The number of aromatic amines is 1. The quantitative estimate of drug-likeness (QED) is 0.546. The van der Waals surface area contributed by atoms with E-state index in [2.05, 4.69) is 14.7 Å². The van der Waals surface area contributed by atoms with E-state index in [0.29, 0.717) is 5.69 Å². The number of anilines is 1. The molecule has 5 nitrogen and oxygen atoms in total. The summed E-state index contributed by atoms with van der Waals surface area (Å²) in [6.45, 7) is 1.92. The van der Waals surface area contributed by atoms with Crippen LogP contribution in [-0.4, -0.2) is 18.4 Å². The lowest BCUT2D eigenvalue weighted by molar-refractivity contribution is 0.601. The lowest BCUT2D eigenvalue weighted by Gasteiger charge is -2.09. The van der Waals surface area contributed by atoms with E-state index in [1.54, 1.807) is 42.6 Å². The molecule has 0 saturated carbocycles. The van der Waals surface area contributed by atoms with Crippen LogP contribution in [0.15, 0.2) is 78.0 Å². The Labute approximate surface area is 158 Å². The summed E-state index contributed by atoms with van der Waals surface area (Å²) >= 11 is 0. The van der Waals surface area contributed by atoms with E-state index in [-0.39, 0.29) is 4.90 Å².